The molecule has 120 valence electrons. The van der Waals surface area contributed by atoms with Crippen LogP contribution in [0.3, 0.4) is 0 Å². The fraction of sp³-hybridized carbons (Fsp3) is 0.375. The molecular formula is C16H21NO4S. The second-order valence-corrected chi connectivity index (χ2v) is 5.64. The fourth-order valence-corrected chi connectivity index (χ4v) is 2.30. The van der Waals surface area contributed by atoms with E-state index in [0.717, 1.165) is 11.0 Å². The predicted molar refractivity (Wildman–Crippen MR) is 88.2 cm³/mol. The Morgan fingerprint density at radius 2 is 2.00 bits per heavy atom. The SMILES string of the molecule is C=CC(=O)OC(C)CC(C)OC(=O)Nc1cccc(SC)c1. The largest absolute Gasteiger partial charge is 0.459 e. The first-order valence-corrected chi connectivity index (χ1v) is 8.11. The Morgan fingerprint density at radius 3 is 2.64 bits per heavy atom. The zero-order valence-electron chi connectivity index (χ0n) is 13.0. The van der Waals surface area contributed by atoms with Crippen LogP contribution < -0.4 is 5.32 Å². The highest BCUT2D eigenvalue weighted by atomic mass is 32.2. The van der Waals surface area contributed by atoms with Crippen LogP contribution in [0.1, 0.15) is 20.3 Å². The molecule has 5 nitrogen and oxygen atoms in total. The molecule has 0 aliphatic heterocycles. The Bertz CT molecular complexity index is 533. The quantitative estimate of drug-likeness (QED) is 0.469. The average Bonchev–Trinajstić information content (AvgIpc) is 2.46. The lowest BCUT2D eigenvalue weighted by molar-refractivity contribution is -0.143. The normalized spacial score (nSPS) is 12.9. The molecule has 1 amide bonds. The monoisotopic (exact) mass is 323 g/mol. The van der Waals surface area contributed by atoms with Crippen LogP contribution in [-0.2, 0) is 14.3 Å². The summed E-state index contributed by atoms with van der Waals surface area (Å²) in [5.74, 6) is -0.488. The summed E-state index contributed by atoms with van der Waals surface area (Å²) in [5, 5.41) is 2.67. The van der Waals surface area contributed by atoms with Gasteiger partial charge in [-0.25, -0.2) is 9.59 Å². The van der Waals surface area contributed by atoms with Crippen LogP contribution in [-0.4, -0.2) is 30.5 Å². The maximum absolute atomic E-state index is 11.8. The zero-order valence-corrected chi connectivity index (χ0v) is 13.8. The van der Waals surface area contributed by atoms with Crippen molar-refractivity contribution in [3.8, 4) is 0 Å². The minimum absolute atomic E-state index is 0.354. The van der Waals surface area contributed by atoms with Crippen LogP contribution in [0.15, 0.2) is 41.8 Å². The second-order valence-electron chi connectivity index (χ2n) is 4.76. The molecule has 0 heterocycles. The van der Waals surface area contributed by atoms with Crippen molar-refractivity contribution in [1.29, 1.82) is 0 Å². The lowest BCUT2D eigenvalue weighted by atomic mass is 10.2. The van der Waals surface area contributed by atoms with Gasteiger partial charge in [-0.2, -0.15) is 0 Å². The molecule has 0 saturated heterocycles. The third-order valence-corrected chi connectivity index (χ3v) is 3.50. The standard InChI is InChI=1S/C16H21NO4S/c1-5-15(18)20-11(2)9-12(3)21-16(19)17-13-7-6-8-14(10-13)22-4/h5-8,10-12H,1,9H2,2-4H3,(H,17,19). The number of hydrogen-bond acceptors (Lipinski definition) is 5. The van der Waals surface area contributed by atoms with E-state index in [1.807, 2.05) is 24.5 Å². The molecule has 22 heavy (non-hydrogen) atoms. The molecule has 0 radical (unpaired) electrons. The van der Waals surface area contributed by atoms with E-state index in [1.165, 1.54) is 0 Å². The maximum atomic E-state index is 11.8. The fourth-order valence-electron chi connectivity index (χ4n) is 1.84. The number of ether oxygens (including phenoxy) is 2. The van der Waals surface area contributed by atoms with E-state index in [0.29, 0.717) is 12.1 Å². The van der Waals surface area contributed by atoms with Gasteiger partial charge in [0, 0.05) is 23.1 Å². The smallest absolute Gasteiger partial charge is 0.411 e. The van der Waals surface area contributed by atoms with Crippen LogP contribution in [0.5, 0.6) is 0 Å². The van der Waals surface area contributed by atoms with Gasteiger partial charge in [0.15, 0.2) is 0 Å². The van der Waals surface area contributed by atoms with Gasteiger partial charge in [0.25, 0.3) is 0 Å². The maximum Gasteiger partial charge on any atom is 0.411 e. The van der Waals surface area contributed by atoms with Crippen molar-refractivity contribution in [2.24, 2.45) is 0 Å². The zero-order chi connectivity index (χ0) is 16.5. The van der Waals surface area contributed by atoms with Crippen molar-refractivity contribution >= 4 is 29.5 Å². The summed E-state index contributed by atoms with van der Waals surface area (Å²) in [6.07, 6.45) is 2.22. The molecule has 0 aliphatic carbocycles. The van der Waals surface area contributed by atoms with E-state index in [4.69, 9.17) is 9.47 Å². The van der Waals surface area contributed by atoms with Gasteiger partial charge in [0.05, 0.1) is 0 Å². The van der Waals surface area contributed by atoms with Crippen molar-refractivity contribution in [3.63, 3.8) is 0 Å². The number of thioether (sulfide) groups is 1. The molecule has 1 aromatic carbocycles. The first-order valence-electron chi connectivity index (χ1n) is 6.89. The Morgan fingerprint density at radius 1 is 1.32 bits per heavy atom. The highest BCUT2D eigenvalue weighted by molar-refractivity contribution is 7.98. The van der Waals surface area contributed by atoms with Gasteiger partial charge in [-0.15, -0.1) is 11.8 Å². The van der Waals surface area contributed by atoms with E-state index < -0.39 is 12.1 Å². The number of carbonyl (C=O) groups is 2. The summed E-state index contributed by atoms with van der Waals surface area (Å²) in [5.41, 5.74) is 0.676. The average molecular weight is 323 g/mol. The van der Waals surface area contributed by atoms with Crippen molar-refractivity contribution in [1.82, 2.24) is 0 Å². The molecule has 0 saturated carbocycles. The molecule has 2 atom stereocenters. The lowest BCUT2D eigenvalue weighted by Gasteiger charge is -2.18. The summed E-state index contributed by atoms with van der Waals surface area (Å²) in [6.45, 7) is 6.81. The molecule has 6 heteroatoms. The molecular weight excluding hydrogens is 302 g/mol. The minimum atomic E-state index is -0.534. The topological polar surface area (TPSA) is 64.6 Å². The number of hydrogen-bond donors (Lipinski definition) is 1. The molecule has 0 bridgehead atoms. The van der Waals surface area contributed by atoms with E-state index in [2.05, 4.69) is 11.9 Å². The van der Waals surface area contributed by atoms with Crippen LogP contribution in [0, 0.1) is 0 Å². The summed E-state index contributed by atoms with van der Waals surface area (Å²) < 4.78 is 10.3. The molecule has 1 aromatic rings. The number of nitrogens with one attached hydrogen (secondary N) is 1. The molecule has 1 rings (SSSR count). The number of carbonyl (C=O) groups excluding carboxylic acids is 2. The first kappa shape index (κ1) is 18.1. The van der Waals surface area contributed by atoms with Crippen LogP contribution in [0.4, 0.5) is 10.5 Å². The van der Waals surface area contributed by atoms with Gasteiger partial charge >= 0.3 is 12.1 Å². The Balaban J connectivity index is 2.43. The third kappa shape index (κ3) is 6.67. The summed E-state index contributed by atoms with van der Waals surface area (Å²) in [7, 11) is 0. The Labute approximate surface area is 135 Å². The number of amides is 1. The van der Waals surface area contributed by atoms with Crippen molar-refractivity contribution in [2.75, 3.05) is 11.6 Å². The molecule has 0 aromatic heterocycles. The molecule has 1 N–H and O–H groups in total. The highest BCUT2D eigenvalue weighted by Crippen LogP contribution is 2.19. The van der Waals surface area contributed by atoms with Gasteiger partial charge in [-0.3, -0.25) is 5.32 Å². The summed E-state index contributed by atoms with van der Waals surface area (Å²) in [6, 6.07) is 7.48. The van der Waals surface area contributed by atoms with Gasteiger partial charge in [0.2, 0.25) is 0 Å². The van der Waals surface area contributed by atoms with E-state index in [-0.39, 0.29) is 12.2 Å². The van der Waals surface area contributed by atoms with Crippen molar-refractivity contribution < 1.29 is 19.1 Å². The Hall–Kier alpha value is -1.95. The summed E-state index contributed by atoms with van der Waals surface area (Å²) in [4.78, 5) is 23.9. The summed E-state index contributed by atoms with van der Waals surface area (Å²) >= 11 is 1.59. The van der Waals surface area contributed by atoms with Gasteiger partial charge < -0.3 is 9.47 Å². The van der Waals surface area contributed by atoms with Crippen molar-refractivity contribution in [2.45, 2.75) is 37.4 Å². The molecule has 0 aliphatic rings. The van der Waals surface area contributed by atoms with Gasteiger partial charge in [0.1, 0.15) is 12.2 Å². The molecule has 2 unspecified atom stereocenters. The number of esters is 1. The number of rotatable bonds is 7. The van der Waals surface area contributed by atoms with E-state index in [9.17, 15) is 9.59 Å². The first-order chi connectivity index (χ1) is 10.4. The minimum Gasteiger partial charge on any atom is -0.459 e. The van der Waals surface area contributed by atoms with Crippen molar-refractivity contribution in [3.05, 3.63) is 36.9 Å². The second kappa shape index (κ2) is 9.15. The molecule has 0 spiro atoms. The van der Waals surface area contributed by atoms with E-state index >= 15 is 0 Å². The van der Waals surface area contributed by atoms with Crippen LogP contribution in [0.25, 0.3) is 0 Å². The third-order valence-electron chi connectivity index (χ3n) is 2.77. The Kier molecular flexibility index (Phi) is 7.52. The van der Waals surface area contributed by atoms with Gasteiger partial charge in [-0.05, 0) is 38.3 Å². The molecule has 0 fully saturated rings. The number of benzene rings is 1. The van der Waals surface area contributed by atoms with Crippen LogP contribution >= 0.6 is 11.8 Å². The van der Waals surface area contributed by atoms with Gasteiger partial charge in [-0.1, -0.05) is 12.6 Å². The van der Waals surface area contributed by atoms with E-state index in [1.54, 1.807) is 31.7 Å². The number of anilines is 1. The lowest BCUT2D eigenvalue weighted by Crippen LogP contribution is -2.25. The van der Waals surface area contributed by atoms with Crippen LogP contribution in [0.2, 0.25) is 0 Å². The predicted octanol–water partition coefficient (Wildman–Crippen LogP) is 3.85. The highest BCUT2D eigenvalue weighted by Gasteiger charge is 2.15.